The van der Waals surface area contributed by atoms with E-state index in [1.54, 1.807) is 6.20 Å². The Bertz CT molecular complexity index is 377. The molecule has 1 N–H and O–H groups in total. The molecule has 1 aliphatic rings. The lowest BCUT2D eigenvalue weighted by molar-refractivity contribution is 0.0593. The molecule has 0 aliphatic heterocycles. The summed E-state index contributed by atoms with van der Waals surface area (Å²) in [5.74, 6) is 1.05. The van der Waals surface area contributed by atoms with Gasteiger partial charge in [-0.1, -0.05) is 12.8 Å². The highest BCUT2D eigenvalue weighted by molar-refractivity contribution is 5.87. The van der Waals surface area contributed by atoms with Gasteiger partial charge in [0, 0.05) is 6.54 Å². The van der Waals surface area contributed by atoms with Gasteiger partial charge in [0.2, 0.25) is 0 Å². The van der Waals surface area contributed by atoms with E-state index in [0.717, 1.165) is 18.9 Å². The number of carbonyl (C=O) groups excluding carboxylic acids is 1. The van der Waals surface area contributed by atoms with Gasteiger partial charge in [-0.2, -0.15) is 0 Å². The molecule has 5 heteroatoms. The predicted molar refractivity (Wildman–Crippen MR) is 59.2 cm³/mol. The van der Waals surface area contributed by atoms with Crippen molar-refractivity contribution >= 4 is 11.8 Å². The molecule has 1 fully saturated rings. The van der Waals surface area contributed by atoms with Gasteiger partial charge >= 0.3 is 5.97 Å². The molecule has 0 spiro atoms. The first-order valence-electron chi connectivity index (χ1n) is 5.44. The third-order valence-electron chi connectivity index (χ3n) is 2.58. The first kappa shape index (κ1) is 10.9. The summed E-state index contributed by atoms with van der Waals surface area (Å²) >= 11 is 0. The number of hydrogen-bond donors (Lipinski definition) is 1. The maximum absolute atomic E-state index is 11.2. The van der Waals surface area contributed by atoms with E-state index in [1.165, 1.54) is 26.1 Å². The zero-order valence-corrected chi connectivity index (χ0v) is 9.27. The average Bonchev–Trinajstić information content (AvgIpc) is 3.12. The molecule has 1 aromatic rings. The van der Waals surface area contributed by atoms with Crippen molar-refractivity contribution in [1.82, 2.24) is 9.97 Å². The van der Waals surface area contributed by atoms with E-state index in [1.807, 2.05) is 0 Å². The fourth-order valence-electron chi connectivity index (χ4n) is 1.46. The molecule has 1 aromatic heterocycles. The van der Waals surface area contributed by atoms with Gasteiger partial charge < -0.3 is 10.1 Å². The number of nitrogens with one attached hydrogen (secondary N) is 1. The molecule has 1 saturated carbocycles. The van der Waals surface area contributed by atoms with Crippen molar-refractivity contribution in [3.8, 4) is 0 Å². The molecule has 0 amide bonds. The highest BCUT2D eigenvalue weighted by Gasteiger charge is 2.20. The fourth-order valence-corrected chi connectivity index (χ4v) is 1.46. The topological polar surface area (TPSA) is 64.1 Å². The van der Waals surface area contributed by atoms with E-state index in [9.17, 15) is 4.79 Å². The Balaban J connectivity index is 1.89. The molecular weight excluding hydrogens is 206 g/mol. The quantitative estimate of drug-likeness (QED) is 0.763. The third-order valence-corrected chi connectivity index (χ3v) is 2.58. The van der Waals surface area contributed by atoms with E-state index in [0.29, 0.717) is 5.82 Å². The van der Waals surface area contributed by atoms with Gasteiger partial charge in [-0.25, -0.2) is 9.78 Å². The summed E-state index contributed by atoms with van der Waals surface area (Å²) in [6.07, 6.45) is 6.85. The van der Waals surface area contributed by atoms with Crippen LogP contribution in [0.3, 0.4) is 0 Å². The summed E-state index contributed by atoms with van der Waals surface area (Å²) in [7, 11) is 1.33. The third kappa shape index (κ3) is 2.92. The van der Waals surface area contributed by atoms with Gasteiger partial charge in [0.25, 0.3) is 0 Å². The Morgan fingerprint density at radius 3 is 3.06 bits per heavy atom. The van der Waals surface area contributed by atoms with Gasteiger partial charge in [-0.05, 0) is 12.3 Å². The largest absolute Gasteiger partial charge is 0.464 e. The average molecular weight is 221 g/mol. The van der Waals surface area contributed by atoms with Gasteiger partial charge in [0.1, 0.15) is 5.82 Å². The molecular formula is C11H15N3O2. The van der Waals surface area contributed by atoms with E-state index in [4.69, 9.17) is 0 Å². The first-order chi connectivity index (χ1) is 7.79. The van der Waals surface area contributed by atoms with Crippen molar-refractivity contribution in [2.24, 2.45) is 5.92 Å². The molecule has 86 valence electrons. The molecule has 0 unspecified atom stereocenters. The molecule has 1 heterocycles. The normalized spacial score (nSPS) is 14.6. The van der Waals surface area contributed by atoms with Crippen LogP contribution in [0.25, 0.3) is 0 Å². The predicted octanol–water partition coefficient (Wildman–Crippen LogP) is 1.48. The van der Waals surface area contributed by atoms with Crippen LogP contribution in [0.2, 0.25) is 0 Å². The van der Waals surface area contributed by atoms with Gasteiger partial charge in [0.15, 0.2) is 5.69 Å². The van der Waals surface area contributed by atoms with Crippen molar-refractivity contribution in [3.05, 3.63) is 18.1 Å². The van der Waals surface area contributed by atoms with E-state index in [-0.39, 0.29) is 5.69 Å². The smallest absolute Gasteiger partial charge is 0.358 e. The Kier molecular flexibility index (Phi) is 3.34. The minimum Gasteiger partial charge on any atom is -0.464 e. The van der Waals surface area contributed by atoms with Crippen LogP contribution in [0.5, 0.6) is 0 Å². The first-order valence-corrected chi connectivity index (χ1v) is 5.44. The number of methoxy groups -OCH3 is 1. The number of aromatic nitrogens is 2. The van der Waals surface area contributed by atoms with E-state index < -0.39 is 5.97 Å². The van der Waals surface area contributed by atoms with Crippen LogP contribution in [0.4, 0.5) is 5.82 Å². The number of anilines is 1. The van der Waals surface area contributed by atoms with E-state index in [2.05, 4.69) is 20.0 Å². The van der Waals surface area contributed by atoms with Crippen LogP contribution in [0, 0.1) is 5.92 Å². The summed E-state index contributed by atoms with van der Waals surface area (Å²) in [6.45, 7) is 0.879. The maximum Gasteiger partial charge on any atom is 0.358 e. The lowest BCUT2D eigenvalue weighted by Gasteiger charge is -2.05. The number of rotatable bonds is 5. The molecule has 0 aromatic carbocycles. The van der Waals surface area contributed by atoms with Crippen LogP contribution in [-0.4, -0.2) is 29.6 Å². The summed E-state index contributed by atoms with van der Waals surface area (Å²) in [5, 5.41) is 3.15. The number of hydrogen-bond acceptors (Lipinski definition) is 5. The molecule has 0 atom stereocenters. The van der Waals surface area contributed by atoms with Crippen LogP contribution in [-0.2, 0) is 4.74 Å². The second-order valence-corrected chi connectivity index (χ2v) is 3.94. The van der Waals surface area contributed by atoms with Crippen molar-refractivity contribution in [2.45, 2.75) is 19.3 Å². The summed E-state index contributed by atoms with van der Waals surface area (Å²) in [6, 6.07) is 0. The molecule has 0 bridgehead atoms. The Morgan fingerprint density at radius 2 is 2.38 bits per heavy atom. The Morgan fingerprint density at radius 1 is 1.56 bits per heavy atom. The highest BCUT2D eigenvalue weighted by Crippen LogP contribution is 2.31. The van der Waals surface area contributed by atoms with Gasteiger partial charge in [-0.3, -0.25) is 4.98 Å². The number of carbonyl (C=O) groups is 1. The molecule has 1 aliphatic carbocycles. The molecule has 5 nitrogen and oxygen atoms in total. The minimum absolute atomic E-state index is 0.235. The zero-order chi connectivity index (χ0) is 11.4. The number of esters is 1. The van der Waals surface area contributed by atoms with E-state index >= 15 is 0 Å². The molecule has 16 heavy (non-hydrogen) atoms. The fraction of sp³-hybridized carbons (Fsp3) is 0.545. The summed E-state index contributed by atoms with van der Waals surface area (Å²) in [4.78, 5) is 19.3. The van der Waals surface area contributed by atoms with Crippen LogP contribution >= 0.6 is 0 Å². The molecule has 0 radical (unpaired) electrons. The van der Waals surface area contributed by atoms with Gasteiger partial charge in [-0.15, -0.1) is 0 Å². The zero-order valence-electron chi connectivity index (χ0n) is 9.27. The number of nitrogens with zero attached hydrogens (tertiary/aromatic N) is 2. The van der Waals surface area contributed by atoms with Crippen LogP contribution in [0.15, 0.2) is 12.4 Å². The Hall–Kier alpha value is -1.65. The van der Waals surface area contributed by atoms with Crippen LogP contribution < -0.4 is 5.32 Å². The van der Waals surface area contributed by atoms with Crippen molar-refractivity contribution in [2.75, 3.05) is 19.0 Å². The number of ether oxygens (including phenoxy) is 1. The van der Waals surface area contributed by atoms with Gasteiger partial charge in [0.05, 0.1) is 19.5 Å². The monoisotopic (exact) mass is 221 g/mol. The second kappa shape index (κ2) is 4.92. The highest BCUT2D eigenvalue weighted by atomic mass is 16.5. The SMILES string of the molecule is COC(=O)c1cncc(NCCC2CC2)n1. The maximum atomic E-state index is 11.2. The molecule has 0 saturated heterocycles. The molecule has 2 rings (SSSR count). The van der Waals surface area contributed by atoms with Crippen LogP contribution in [0.1, 0.15) is 29.8 Å². The minimum atomic E-state index is -0.460. The lowest BCUT2D eigenvalue weighted by atomic mass is 10.3. The Labute approximate surface area is 94.2 Å². The lowest BCUT2D eigenvalue weighted by Crippen LogP contribution is -2.09. The second-order valence-electron chi connectivity index (χ2n) is 3.94. The summed E-state index contributed by atoms with van der Waals surface area (Å²) < 4.78 is 4.57. The van der Waals surface area contributed by atoms with Crippen molar-refractivity contribution < 1.29 is 9.53 Å². The van der Waals surface area contributed by atoms with Crippen molar-refractivity contribution in [1.29, 1.82) is 0 Å². The standard InChI is InChI=1S/C11H15N3O2/c1-16-11(15)9-6-12-7-10(14-9)13-5-4-8-2-3-8/h6-8H,2-5H2,1H3,(H,13,14). The summed E-state index contributed by atoms with van der Waals surface area (Å²) in [5.41, 5.74) is 0.235. The van der Waals surface area contributed by atoms with Crippen molar-refractivity contribution in [3.63, 3.8) is 0 Å².